The van der Waals surface area contributed by atoms with Crippen LogP contribution in [-0.2, 0) is 4.79 Å². The van der Waals surface area contributed by atoms with Crippen molar-refractivity contribution in [3.05, 3.63) is 37.0 Å². The molecule has 0 saturated carbocycles. The number of carboxylic acid groups (broad SMARTS) is 1. The SMILES string of the molecule is C=CCCC/C=C\CN(C)CCC(=C)C(=O)O. The fourth-order valence-electron chi connectivity index (χ4n) is 1.28. The Hall–Kier alpha value is -1.35. The maximum Gasteiger partial charge on any atom is 0.331 e. The van der Waals surface area contributed by atoms with E-state index in [1.165, 1.54) is 0 Å². The highest BCUT2D eigenvalue weighted by Crippen LogP contribution is 2.00. The number of nitrogens with zero attached hydrogens (tertiary/aromatic N) is 1. The van der Waals surface area contributed by atoms with Gasteiger partial charge in [-0.2, -0.15) is 0 Å². The van der Waals surface area contributed by atoms with Crippen LogP contribution in [0.2, 0.25) is 0 Å². The first kappa shape index (κ1) is 15.7. The van der Waals surface area contributed by atoms with Gasteiger partial charge in [-0.25, -0.2) is 4.79 Å². The van der Waals surface area contributed by atoms with Gasteiger partial charge in [-0.15, -0.1) is 6.58 Å². The molecule has 0 aromatic rings. The Kier molecular flexibility index (Phi) is 9.06. The molecule has 96 valence electrons. The van der Waals surface area contributed by atoms with E-state index in [1.54, 1.807) is 0 Å². The van der Waals surface area contributed by atoms with E-state index >= 15 is 0 Å². The van der Waals surface area contributed by atoms with Crippen molar-refractivity contribution in [3.63, 3.8) is 0 Å². The van der Waals surface area contributed by atoms with E-state index in [0.29, 0.717) is 6.42 Å². The van der Waals surface area contributed by atoms with E-state index in [-0.39, 0.29) is 5.57 Å². The lowest BCUT2D eigenvalue weighted by Gasteiger charge is -2.13. The zero-order valence-electron chi connectivity index (χ0n) is 10.7. The number of aliphatic carboxylic acids is 1. The summed E-state index contributed by atoms with van der Waals surface area (Å²) in [7, 11) is 1.98. The van der Waals surface area contributed by atoms with Gasteiger partial charge < -0.3 is 10.0 Å². The summed E-state index contributed by atoms with van der Waals surface area (Å²) in [4.78, 5) is 12.6. The number of carbonyl (C=O) groups is 1. The first-order valence-electron chi connectivity index (χ1n) is 5.93. The molecule has 3 heteroatoms. The number of rotatable bonds is 10. The normalized spacial score (nSPS) is 10.9. The predicted molar refractivity (Wildman–Crippen MR) is 72.1 cm³/mol. The lowest BCUT2D eigenvalue weighted by Crippen LogP contribution is -2.20. The van der Waals surface area contributed by atoms with Crippen LogP contribution in [-0.4, -0.2) is 36.1 Å². The highest BCUT2D eigenvalue weighted by atomic mass is 16.4. The number of allylic oxidation sites excluding steroid dienone is 2. The van der Waals surface area contributed by atoms with Gasteiger partial charge in [0.1, 0.15) is 0 Å². The summed E-state index contributed by atoms with van der Waals surface area (Å²) in [5.74, 6) is -0.904. The Labute approximate surface area is 104 Å². The van der Waals surface area contributed by atoms with E-state index in [2.05, 4.69) is 30.2 Å². The zero-order chi connectivity index (χ0) is 13.1. The average molecular weight is 237 g/mol. The van der Waals surface area contributed by atoms with Crippen LogP contribution in [0, 0.1) is 0 Å². The molecule has 0 spiro atoms. The van der Waals surface area contributed by atoms with Gasteiger partial charge in [0.15, 0.2) is 0 Å². The summed E-state index contributed by atoms with van der Waals surface area (Å²) < 4.78 is 0. The third kappa shape index (κ3) is 9.57. The van der Waals surface area contributed by atoms with Gasteiger partial charge >= 0.3 is 5.97 Å². The van der Waals surface area contributed by atoms with Crippen molar-refractivity contribution in [1.29, 1.82) is 0 Å². The fourth-order valence-corrected chi connectivity index (χ4v) is 1.28. The van der Waals surface area contributed by atoms with E-state index in [4.69, 9.17) is 5.11 Å². The fraction of sp³-hybridized carbons (Fsp3) is 0.500. The molecule has 17 heavy (non-hydrogen) atoms. The Balaban J connectivity index is 3.58. The van der Waals surface area contributed by atoms with Crippen molar-refractivity contribution < 1.29 is 9.90 Å². The van der Waals surface area contributed by atoms with Gasteiger partial charge in [0.25, 0.3) is 0 Å². The molecule has 0 radical (unpaired) electrons. The van der Waals surface area contributed by atoms with Crippen LogP contribution < -0.4 is 0 Å². The molecule has 0 aliphatic carbocycles. The van der Waals surface area contributed by atoms with Crippen molar-refractivity contribution >= 4 is 5.97 Å². The monoisotopic (exact) mass is 237 g/mol. The van der Waals surface area contributed by atoms with Gasteiger partial charge in [0.2, 0.25) is 0 Å². The topological polar surface area (TPSA) is 40.5 Å². The van der Waals surface area contributed by atoms with Crippen molar-refractivity contribution in [2.75, 3.05) is 20.1 Å². The van der Waals surface area contributed by atoms with E-state index in [9.17, 15) is 4.79 Å². The van der Waals surface area contributed by atoms with Crippen LogP contribution in [0.1, 0.15) is 25.7 Å². The Morgan fingerprint density at radius 3 is 2.65 bits per heavy atom. The van der Waals surface area contributed by atoms with E-state index in [1.807, 2.05) is 13.1 Å². The van der Waals surface area contributed by atoms with E-state index in [0.717, 1.165) is 32.4 Å². The molecule has 0 rings (SSSR count). The second kappa shape index (κ2) is 9.85. The van der Waals surface area contributed by atoms with Crippen molar-refractivity contribution in [2.45, 2.75) is 25.7 Å². The van der Waals surface area contributed by atoms with Crippen molar-refractivity contribution in [2.24, 2.45) is 0 Å². The van der Waals surface area contributed by atoms with Crippen molar-refractivity contribution in [3.8, 4) is 0 Å². The van der Waals surface area contributed by atoms with Gasteiger partial charge in [-0.1, -0.05) is 24.8 Å². The standard InChI is InChI=1S/C14H23NO2/c1-4-5-6-7-8-9-11-15(3)12-10-13(2)14(16)17/h4,8-9H,1-2,5-7,10-12H2,3H3,(H,16,17)/b9-8-. The molecule has 0 aliphatic rings. The maximum absolute atomic E-state index is 10.5. The predicted octanol–water partition coefficient (Wildman–Crippen LogP) is 2.86. The second-order valence-electron chi connectivity index (χ2n) is 4.11. The minimum atomic E-state index is -0.904. The molecule has 0 atom stereocenters. The summed E-state index contributed by atoms with van der Waals surface area (Å²) in [6, 6.07) is 0. The first-order valence-corrected chi connectivity index (χ1v) is 5.93. The van der Waals surface area contributed by atoms with Gasteiger partial charge in [0.05, 0.1) is 0 Å². The Morgan fingerprint density at radius 1 is 1.35 bits per heavy atom. The summed E-state index contributed by atoms with van der Waals surface area (Å²) in [5.41, 5.74) is 0.270. The lowest BCUT2D eigenvalue weighted by atomic mass is 10.2. The smallest absolute Gasteiger partial charge is 0.331 e. The highest BCUT2D eigenvalue weighted by molar-refractivity contribution is 5.85. The van der Waals surface area contributed by atoms with Crippen LogP contribution in [0.5, 0.6) is 0 Å². The third-order valence-corrected chi connectivity index (χ3v) is 2.46. The van der Waals surface area contributed by atoms with Crippen molar-refractivity contribution in [1.82, 2.24) is 4.90 Å². The molecular weight excluding hydrogens is 214 g/mol. The number of likely N-dealkylation sites (N-methyl/N-ethyl adjacent to an activating group) is 1. The van der Waals surface area contributed by atoms with E-state index < -0.39 is 5.97 Å². The van der Waals surface area contributed by atoms with Crippen LogP contribution in [0.15, 0.2) is 37.0 Å². The van der Waals surface area contributed by atoms with Gasteiger partial charge in [-0.3, -0.25) is 0 Å². The molecule has 1 N–H and O–H groups in total. The van der Waals surface area contributed by atoms with Crippen LogP contribution in [0.4, 0.5) is 0 Å². The molecule has 0 unspecified atom stereocenters. The summed E-state index contributed by atoms with van der Waals surface area (Å²) in [5, 5.41) is 8.65. The molecule has 0 fully saturated rings. The summed E-state index contributed by atoms with van der Waals surface area (Å²) >= 11 is 0. The number of carboxylic acids is 1. The Bertz CT molecular complexity index is 282. The molecule has 0 heterocycles. The number of hydrogen-bond donors (Lipinski definition) is 1. The summed E-state index contributed by atoms with van der Waals surface area (Å²) in [6.45, 7) is 8.75. The Morgan fingerprint density at radius 2 is 2.06 bits per heavy atom. The molecule has 0 bridgehead atoms. The quantitative estimate of drug-likeness (QED) is 0.361. The lowest BCUT2D eigenvalue weighted by molar-refractivity contribution is -0.132. The van der Waals surface area contributed by atoms with Crippen LogP contribution >= 0.6 is 0 Å². The van der Waals surface area contributed by atoms with Gasteiger partial charge in [-0.05, 0) is 32.7 Å². The minimum Gasteiger partial charge on any atom is -0.478 e. The second-order valence-corrected chi connectivity index (χ2v) is 4.11. The van der Waals surface area contributed by atoms with Crippen LogP contribution in [0.25, 0.3) is 0 Å². The molecule has 0 aromatic heterocycles. The highest BCUT2D eigenvalue weighted by Gasteiger charge is 2.04. The molecule has 0 saturated heterocycles. The van der Waals surface area contributed by atoms with Crippen LogP contribution in [0.3, 0.4) is 0 Å². The molecule has 0 aliphatic heterocycles. The summed E-state index contributed by atoms with van der Waals surface area (Å²) in [6.07, 6.45) is 9.98. The number of unbranched alkanes of at least 4 members (excludes halogenated alkanes) is 2. The largest absolute Gasteiger partial charge is 0.478 e. The average Bonchev–Trinajstić information content (AvgIpc) is 2.30. The third-order valence-electron chi connectivity index (χ3n) is 2.46. The van der Waals surface area contributed by atoms with Gasteiger partial charge in [0, 0.05) is 18.7 Å². The maximum atomic E-state index is 10.5. The molecule has 3 nitrogen and oxygen atoms in total. The zero-order valence-corrected chi connectivity index (χ0v) is 10.7. The molecule has 0 aromatic carbocycles. The first-order chi connectivity index (χ1) is 8.07. The molecular formula is C14H23NO2. The number of hydrogen-bond acceptors (Lipinski definition) is 2. The minimum absolute atomic E-state index is 0.270. The molecule has 0 amide bonds.